The molecular weight excluding hydrogens is 374 g/mol. The second kappa shape index (κ2) is 10.2. The highest BCUT2D eigenvalue weighted by Gasteiger charge is 2.16. The molecule has 0 radical (unpaired) electrons. The summed E-state index contributed by atoms with van der Waals surface area (Å²) in [5.74, 6) is 0.197. The third kappa shape index (κ3) is 8.42. The Morgan fingerprint density at radius 1 is 0.931 bits per heavy atom. The third-order valence-corrected chi connectivity index (χ3v) is 3.47. The number of alkyl carbamates (subject to hydrolysis) is 1. The molecule has 0 aliphatic carbocycles. The zero-order chi connectivity index (χ0) is 21.3. The van der Waals surface area contributed by atoms with E-state index in [9.17, 15) is 9.59 Å². The molecule has 0 bridgehead atoms. The molecule has 2 aromatic rings. The van der Waals surface area contributed by atoms with Gasteiger partial charge in [0.1, 0.15) is 24.5 Å². The second-order valence-corrected chi connectivity index (χ2v) is 7.08. The number of nitrogens with one attached hydrogen (secondary N) is 1. The molecule has 1 N–H and O–H groups in total. The van der Waals surface area contributed by atoms with E-state index < -0.39 is 17.7 Å². The molecule has 0 atom stereocenters. The highest BCUT2D eigenvalue weighted by Crippen LogP contribution is 2.21. The van der Waals surface area contributed by atoms with E-state index in [4.69, 9.17) is 14.2 Å². The Labute approximate surface area is 169 Å². The lowest BCUT2D eigenvalue weighted by atomic mass is 10.2. The van der Waals surface area contributed by atoms with Crippen molar-refractivity contribution < 1.29 is 23.8 Å². The lowest BCUT2D eigenvalue weighted by Gasteiger charge is -2.19. The van der Waals surface area contributed by atoms with Crippen LogP contribution in [0.5, 0.6) is 5.75 Å². The third-order valence-electron chi connectivity index (χ3n) is 3.47. The summed E-state index contributed by atoms with van der Waals surface area (Å²) >= 11 is 0. The van der Waals surface area contributed by atoms with Crippen molar-refractivity contribution in [2.75, 3.05) is 13.7 Å². The molecule has 8 nitrogen and oxygen atoms in total. The van der Waals surface area contributed by atoms with Crippen molar-refractivity contribution in [1.82, 2.24) is 5.32 Å². The van der Waals surface area contributed by atoms with E-state index in [1.807, 2.05) is 24.3 Å². The maximum atomic E-state index is 11.7. The van der Waals surface area contributed by atoms with Gasteiger partial charge >= 0.3 is 12.1 Å². The molecule has 0 saturated heterocycles. The Balaban J connectivity index is 1.77. The predicted octanol–water partition coefficient (Wildman–Crippen LogP) is 4.68. The van der Waals surface area contributed by atoms with Crippen molar-refractivity contribution in [1.29, 1.82) is 0 Å². The molecule has 0 unspecified atom stereocenters. The first-order valence-corrected chi connectivity index (χ1v) is 9.02. The minimum Gasteiger partial charge on any atom is -0.497 e. The fraction of sp³-hybridized carbons (Fsp3) is 0.333. The zero-order valence-electron chi connectivity index (χ0n) is 17.0. The number of methoxy groups -OCH3 is 1. The van der Waals surface area contributed by atoms with E-state index in [0.717, 1.165) is 11.3 Å². The Kier molecular flexibility index (Phi) is 7.70. The van der Waals surface area contributed by atoms with Crippen LogP contribution >= 0.6 is 0 Å². The van der Waals surface area contributed by atoms with Gasteiger partial charge in [-0.25, -0.2) is 4.79 Å². The van der Waals surface area contributed by atoms with Gasteiger partial charge in [-0.15, -0.1) is 0 Å². The number of hydrogen-bond donors (Lipinski definition) is 1. The van der Waals surface area contributed by atoms with Gasteiger partial charge in [-0.1, -0.05) is 12.1 Å². The topological polar surface area (TPSA) is 98.6 Å². The number of rotatable bonds is 7. The zero-order valence-corrected chi connectivity index (χ0v) is 17.0. The molecule has 0 aliphatic rings. The Morgan fingerprint density at radius 3 is 2.00 bits per heavy atom. The molecule has 8 heteroatoms. The normalized spacial score (nSPS) is 11.2. The monoisotopic (exact) mass is 399 g/mol. The Morgan fingerprint density at radius 2 is 1.48 bits per heavy atom. The van der Waals surface area contributed by atoms with E-state index in [0.29, 0.717) is 11.4 Å². The summed E-state index contributed by atoms with van der Waals surface area (Å²) in [6, 6.07) is 14.4. The van der Waals surface area contributed by atoms with Crippen LogP contribution in [-0.2, 0) is 20.9 Å². The minimum atomic E-state index is -0.666. The first-order chi connectivity index (χ1) is 13.7. The molecule has 0 heterocycles. The quantitative estimate of drug-likeness (QED) is 0.538. The van der Waals surface area contributed by atoms with Crippen LogP contribution in [0.4, 0.5) is 16.2 Å². The number of amides is 1. The molecule has 2 rings (SSSR count). The van der Waals surface area contributed by atoms with Crippen molar-refractivity contribution >= 4 is 23.4 Å². The van der Waals surface area contributed by atoms with Gasteiger partial charge in [0.25, 0.3) is 0 Å². The van der Waals surface area contributed by atoms with Crippen LogP contribution in [-0.4, -0.2) is 31.3 Å². The van der Waals surface area contributed by atoms with E-state index in [1.54, 1.807) is 52.1 Å². The molecule has 2 aromatic carbocycles. The van der Waals surface area contributed by atoms with Gasteiger partial charge in [0, 0.05) is 0 Å². The molecule has 154 valence electrons. The number of esters is 1. The summed E-state index contributed by atoms with van der Waals surface area (Å²) in [4.78, 5) is 23.2. The van der Waals surface area contributed by atoms with Gasteiger partial charge in [0.05, 0.1) is 18.5 Å². The highest BCUT2D eigenvalue weighted by atomic mass is 16.6. The molecule has 0 spiro atoms. The van der Waals surface area contributed by atoms with Crippen LogP contribution < -0.4 is 10.1 Å². The first-order valence-electron chi connectivity index (χ1n) is 9.02. The summed E-state index contributed by atoms with van der Waals surface area (Å²) in [5.41, 5.74) is 1.54. The number of carbonyl (C=O) groups is 2. The Hall–Kier alpha value is -3.42. The largest absolute Gasteiger partial charge is 0.497 e. The predicted molar refractivity (Wildman–Crippen MR) is 108 cm³/mol. The highest BCUT2D eigenvalue weighted by molar-refractivity contribution is 5.78. The van der Waals surface area contributed by atoms with Crippen LogP contribution in [0.15, 0.2) is 58.8 Å². The van der Waals surface area contributed by atoms with Crippen LogP contribution in [0.2, 0.25) is 0 Å². The van der Waals surface area contributed by atoms with Crippen molar-refractivity contribution in [3.8, 4) is 5.75 Å². The van der Waals surface area contributed by atoms with Crippen molar-refractivity contribution in [2.45, 2.75) is 33.0 Å². The first kappa shape index (κ1) is 21.9. The molecule has 0 aliphatic heterocycles. The van der Waals surface area contributed by atoms with Crippen LogP contribution in [0.25, 0.3) is 0 Å². The van der Waals surface area contributed by atoms with Crippen LogP contribution in [0.1, 0.15) is 26.3 Å². The number of benzene rings is 2. The number of ether oxygens (including phenoxy) is 3. The number of azo groups is 1. The second-order valence-electron chi connectivity index (χ2n) is 7.08. The van der Waals surface area contributed by atoms with Crippen molar-refractivity contribution in [2.24, 2.45) is 10.2 Å². The summed E-state index contributed by atoms with van der Waals surface area (Å²) in [7, 11) is 1.60. The summed E-state index contributed by atoms with van der Waals surface area (Å²) in [6.07, 6.45) is -0.666. The number of hydrogen-bond acceptors (Lipinski definition) is 7. The van der Waals surface area contributed by atoms with Gasteiger partial charge in [-0.2, -0.15) is 10.2 Å². The van der Waals surface area contributed by atoms with E-state index >= 15 is 0 Å². The molecular formula is C21H25N3O5. The summed E-state index contributed by atoms with van der Waals surface area (Å²) in [6.45, 7) is 5.05. The standard InChI is InChI=1S/C21H25N3O5/c1-21(2,3)29-20(26)22-13-19(25)28-14-15-5-7-16(8-6-15)23-24-17-9-11-18(27-4)12-10-17/h5-12H,13-14H2,1-4H3,(H,22,26)/b24-23+. The smallest absolute Gasteiger partial charge is 0.408 e. The lowest BCUT2D eigenvalue weighted by molar-refractivity contribution is -0.143. The number of carbonyl (C=O) groups excluding carboxylic acids is 2. The average molecular weight is 399 g/mol. The maximum Gasteiger partial charge on any atom is 0.408 e. The van der Waals surface area contributed by atoms with Gasteiger partial charge in [0.2, 0.25) is 0 Å². The molecule has 0 saturated carbocycles. The SMILES string of the molecule is COc1ccc(/N=N/c2ccc(COC(=O)CNC(=O)OC(C)(C)C)cc2)cc1. The Bertz CT molecular complexity index is 840. The molecule has 0 fully saturated rings. The van der Waals surface area contributed by atoms with Gasteiger partial charge < -0.3 is 19.5 Å². The van der Waals surface area contributed by atoms with E-state index in [1.165, 1.54) is 0 Å². The van der Waals surface area contributed by atoms with Gasteiger partial charge in [0.15, 0.2) is 0 Å². The van der Waals surface area contributed by atoms with Gasteiger partial charge in [-0.3, -0.25) is 4.79 Å². The van der Waals surface area contributed by atoms with Crippen LogP contribution in [0.3, 0.4) is 0 Å². The average Bonchev–Trinajstić information content (AvgIpc) is 2.69. The van der Waals surface area contributed by atoms with Crippen LogP contribution in [0, 0.1) is 0 Å². The summed E-state index contributed by atoms with van der Waals surface area (Å²) in [5, 5.41) is 10.7. The maximum absolute atomic E-state index is 11.7. The fourth-order valence-corrected chi connectivity index (χ4v) is 2.10. The molecule has 1 amide bonds. The van der Waals surface area contributed by atoms with E-state index in [-0.39, 0.29) is 13.2 Å². The lowest BCUT2D eigenvalue weighted by Crippen LogP contribution is -2.36. The minimum absolute atomic E-state index is 0.0880. The molecule has 0 aromatic heterocycles. The van der Waals surface area contributed by atoms with Crippen molar-refractivity contribution in [3.05, 3.63) is 54.1 Å². The van der Waals surface area contributed by atoms with Gasteiger partial charge in [-0.05, 0) is 62.7 Å². The van der Waals surface area contributed by atoms with E-state index in [2.05, 4.69) is 15.5 Å². The number of nitrogens with zero attached hydrogens (tertiary/aromatic N) is 2. The fourth-order valence-electron chi connectivity index (χ4n) is 2.10. The molecule has 29 heavy (non-hydrogen) atoms. The summed E-state index contributed by atoms with van der Waals surface area (Å²) < 4.78 is 15.3. The van der Waals surface area contributed by atoms with Crippen molar-refractivity contribution in [3.63, 3.8) is 0 Å².